The van der Waals surface area contributed by atoms with Crippen molar-refractivity contribution in [1.82, 2.24) is 14.7 Å². The van der Waals surface area contributed by atoms with Crippen molar-refractivity contribution in [2.24, 2.45) is 10.9 Å². The Labute approximate surface area is 107 Å². The van der Waals surface area contributed by atoms with Crippen molar-refractivity contribution in [1.29, 1.82) is 0 Å². The standard InChI is InChI=1S/C12H21N5O/c1-2-17-9-10(7-14-17)8-16-6-4-3-5-11(16)12(13)15-18/h7,9,11,18H,2-6,8H2,1H3,(H2,13,15). The summed E-state index contributed by atoms with van der Waals surface area (Å²) in [6.45, 7) is 4.74. The lowest BCUT2D eigenvalue weighted by atomic mass is 10.0. The molecule has 1 aliphatic rings. The summed E-state index contributed by atoms with van der Waals surface area (Å²) in [5.41, 5.74) is 6.94. The summed E-state index contributed by atoms with van der Waals surface area (Å²) in [6, 6.07) is 0.0497. The largest absolute Gasteiger partial charge is 0.409 e. The highest BCUT2D eigenvalue weighted by molar-refractivity contribution is 5.85. The summed E-state index contributed by atoms with van der Waals surface area (Å²) in [5, 5.41) is 16.3. The van der Waals surface area contributed by atoms with Crippen LogP contribution in [0.1, 0.15) is 31.7 Å². The van der Waals surface area contributed by atoms with Crippen molar-refractivity contribution in [2.45, 2.75) is 45.3 Å². The molecule has 1 fully saturated rings. The van der Waals surface area contributed by atoms with Crippen molar-refractivity contribution in [2.75, 3.05) is 6.54 Å². The number of rotatable bonds is 4. The molecule has 1 saturated heterocycles. The maximum atomic E-state index is 8.83. The van der Waals surface area contributed by atoms with Crippen molar-refractivity contribution in [3.05, 3.63) is 18.0 Å². The number of nitrogens with two attached hydrogens (primary N) is 1. The molecule has 3 N–H and O–H groups in total. The maximum absolute atomic E-state index is 8.83. The summed E-state index contributed by atoms with van der Waals surface area (Å²) in [5.74, 6) is 0.317. The van der Waals surface area contributed by atoms with Crippen LogP contribution in [0.4, 0.5) is 0 Å². The van der Waals surface area contributed by atoms with Gasteiger partial charge in [0.05, 0.1) is 12.2 Å². The Morgan fingerprint density at radius 2 is 2.44 bits per heavy atom. The zero-order valence-corrected chi connectivity index (χ0v) is 10.8. The lowest BCUT2D eigenvalue weighted by molar-refractivity contribution is 0.178. The van der Waals surface area contributed by atoms with Crippen LogP contribution in [-0.4, -0.2) is 38.3 Å². The second kappa shape index (κ2) is 5.86. The molecule has 6 heteroatoms. The van der Waals surface area contributed by atoms with Crippen LogP contribution in [0, 0.1) is 0 Å². The van der Waals surface area contributed by atoms with E-state index >= 15 is 0 Å². The van der Waals surface area contributed by atoms with Crippen LogP contribution in [0.3, 0.4) is 0 Å². The molecule has 0 bridgehead atoms. The van der Waals surface area contributed by atoms with E-state index in [4.69, 9.17) is 10.9 Å². The van der Waals surface area contributed by atoms with Gasteiger partial charge in [-0.2, -0.15) is 5.10 Å². The first kappa shape index (κ1) is 12.9. The van der Waals surface area contributed by atoms with E-state index in [1.807, 2.05) is 10.9 Å². The van der Waals surface area contributed by atoms with Gasteiger partial charge in [-0.3, -0.25) is 9.58 Å². The molecule has 0 aliphatic carbocycles. The molecule has 1 aromatic rings. The van der Waals surface area contributed by atoms with Gasteiger partial charge in [-0.25, -0.2) is 0 Å². The fourth-order valence-corrected chi connectivity index (χ4v) is 2.48. The van der Waals surface area contributed by atoms with Gasteiger partial charge in [0, 0.05) is 24.8 Å². The lowest BCUT2D eigenvalue weighted by Gasteiger charge is -2.34. The van der Waals surface area contributed by atoms with Crippen LogP contribution in [0.2, 0.25) is 0 Å². The molecule has 1 atom stereocenters. The average Bonchev–Trinajstić information content (AvgIpc) is 2.86. The molecule has 0 saturated carbocycles. The normalized spacial score (nSPS) is 22.3. The molecular formula is C12H21N5O. The molecule has 100 valence electrons. The minimum absolute atomic E-state index is 0.0497. The smallest absolute Gasteiger partial charge is 0.156 e. The molecular weight excluding hydrogens is 230 g/mol. The highest BCUT2D eigenvalue weighted by Crippen LogP contribution is 2.19. The monoisotopic (exact) mass is 251 g/mol. The molecule has 2 rings (SSSR count). The second-order valence-corrected chi connectivity index (χ2v) is 4.71. The van der Waals surface area contributed by atoms with Gasteiger partial charge in [0.1, 0.15) is 0 Å². The summed E-state index contributed by atoms with van der Waals surface area (Å²) in [7, 11) is 0. The van der Waals surface area contributed by atoms with E-state index in [9.17, 15) is 0 Å². The molecule has 2 heterocycles. The quantitative estimate of drug-likeness (QED) is 0.362. The van der Waals surface area contributed by atoms with E-state index < -0.39 is 0 Å². The number of oxime groups is 1. The second-order valence-electron chi connectivity index (χ2n) is 4.71. The molecule has 0 radical (unpaired) electrons. The highest BCUT2D eigenvalue weighted by atomic mass is 16.4. The number of amidine groups is 1. The third-order valence-corrected chi connectivity index (χ3v) is 3.47. The zero-order chi connectivity index (χ0) is 13.0. The summed E-state index contributed by atoms with van der Waals surface area (Å²) >= 11 is 0. The van der Waals surface area contributed by atoms with Crippen LogP contribution < -0.4 is 5.73 Å². The average molecular weight is 251 g/mol. The van der Waals surface area contributed by atoms with E-state index in [0.717, 1.165) is 38.9 Å². The Morgan fingerprint density at radius 1 is 1.61 bits per heavy atom. The molecule has 18 heavy (non-hydrogen) atoms. The SMILES string of the molecule is CCn1cc(CN2CCCCC2C(N)=NO)cn1. The summed E-state index contributed by atoms with van der Waals surface area (Å²) < 4.78 is 1.91. The number of hydrogen-bond donors (Lipinski definition) is 2. The Kier molecular flexibility index (Phi) is 4.19. The van der Waals surface area contributed by atoms with Gasteiger partial charge in [-0.05, 0) is 26.3 Å². The Hall–Kier alpha value is -1.56. The first-order valence-corrected chi connectivity index (χ1v) is 6.47. The molecule has 0 spiro atoms. The highest BCUT2D eigenvalue weighted by Gasteiger charge is 2.26. The molecule has 1 unspecified atom stereocenters. The number of aromatic nitrogens is 2. The number of nitrogens with zero attached hydrogens (tertiary/aromatic N) is 4. The number of piperidine rings is 1. The van der Waals surface area contributed by atoms with Gasteiger partial charge in [-0.1, -0.05) is 11.6 Å². The van der Waals surface area contributed by atoms with Crippen molar-refractivity contribution in [3.63, 3.8) is 0 Å². The minimum atomic E-state index is 0.0497. The Morgan fingerprint density at radius 3 is 3.11 bits per heavy atom. The van der Waals surface area contributed by atoms with Crippen molar-refractivity contribution >= 4 is 5.84 Å². The van der Waals surface area contributed by atoms with Crippen LogP contribution in [0.5, 0.6) is 0 Å². The number of likely N-dealkylation sites (tertiary alicyclic amines) is 1. The van der Waals surface area contributed by atoms with Gasteiger partial charge < -0.3 is 10.9 Å². The fourth-order valence-electron chi connectivity index (χ4n) is 2.48. The molecule has 1 aliphatic heterocycles. The van der Waals surface area contributed by atoms with Gasteiger partial charge in [0.2, 0.25) is 0 Å². The third kappa shape index (κ3) is 2.81. The minimum Gasteiger partial charge on any atom is -0.409 e. The number of aryl methyl sites for hydroxylation is 1. The Balaban J connectivity index is 2.05. The number of hydrogen-bond acceptors (Lipinski definition) is 4. The molecule has 6 nitrogen and oxygen atoms in total. The van der Waals surface area contributed by atoms with Crippen molar-refractivity contribution < 1.29 is 5.21 Å². The zero-order valence-electron chi connectivity index (χ0n) is 10.8. The van der Waals surface area contributed by atoms with E-state index in [1.54, 1.807) is 0 Å². The first-order valence-electron chi connectivity index (χ1n) is 6.47. The molecule has 0 amide bonds. The summed E-state index contributed by atoms with van der Waals surface area (Å²) in [6.07, 6.45) is 7.19. The van der Waals surface area contributed by atoms with Crippen molar-refractivity contribution in [3.8, 4) is 0 Å². The first-order chi connectivity index (χ1) is 8.74. The van der Waals surface area contributed by atoms with E-state index in [0.29, 0.717) is 5.84 Å². The Bertz CT molecular complexity index is 414. The predicted octanol–water partition coefficient (Wildman–Crippen LogP) is 1.00. The van der Waals surface area contributed by atoms with E-state index in [2.05, 4.69) is 28.3 Å². The van der Waals surface area contributed by atoms with Gasteiger partial charge in [-0.15, -0.1) is 0 Å². The molecule has 0 aromatic carbocycles. The lowest BCUT2D eigenvalue weighted by Crippen LogP contribution is -2.47. The van der Waals surface area contributed by atoms with Crippen LogP contribution in [0.25, 0.3) is 0 Å². The summed E-state index contributed by atoms with van der Waals surface area (Å²) in [4.78, 5) is 2.26. The van der Waals surface area contributed by atoms with Gasteiger partial charge in [0.25, 0.3) is 0 Å². The van der Waals surface area contributed by atoms with E-state index in [-0.39, 0.29) is 6.04 Å². The van der Waals surface area contributed by atoms with Crippen LogP contribution >= 0.6 is 0 Å². The van der Waals surface area contributed by atoms with Crippen LogP contribution in [-0.2, 0) is 13.1 Å². The van der Waals surface area contributed by atoms with E-state index in [1.165, 1.54) is 5.56 Å². The maximum Gasteiger partial charge on any atom is 0.156 e. The third-order valence-electron chi connectivity index (χ3n) is 3.47. The van der Waals surface area contributed by atoms with Gasteiger partial charge >= 0.3 is 0 Å². The fraction of sp³-hybridized carbons (Fsp3) is 0.667. The molecule has 1 aromatic heterocycles. The predicted molar refractivity (Wildman–Crippen MR) is 69.4 cm³/mol. The topological polar surface area (TPSA) is 79.7 Å². The van der Waals surface area contributed by atoms with Gasteiger partial charge in [0.15, 0.2) is 5.84 Å². The van der Waals surface area contributed by atoms with Crippen LogP contribution in [0.15, 0.2) is 17.5 Å².